The van der Waals surface area contributed by atoms with Crippen LogP contribution in [0.5, 0.6) is 0 Å². The number of ketones is 1. The van der Waals surface area contributed by atoms with Crippen molar-refractivity contribution in [3.05, 3.63) is 53.0 Å². The van der Waals surface area contributed by atoms with Gasteiger partial charge in [0, 0.05) is 45.8 Å². The van der Waals surface area contributed by atoms with Crippen molar-refractivity contribution in [1.82, 2.24) is 9.88 Å². The molecule has 1 saturated heterocycles. The van der Waals surface area contributed by atoms with Crippen LogP contribution in [0.25, 0.3) is 10.2 Å². The van der Waals surface area contributed by atoms with E-state index in [9.17, 15) is 14.0 Å². The van der Waals surface area contributed by atoms with Crippen molar-refractivity contribution < 1.29 is 14.0 Å². The number of nitrogens with two attached hydrogens (primary N) is 1. The quantitative estimate of drug-likeness (QED) is 0.521. The molecule has 1 amide bonds. The third kappa shape index (κ3) is 4.45. The number of hydrogen-bond donors (Lipinski definition) is 1. The number of amides is 1. The lowest BCUT2D eigenvalue weighted by molar-refractivity contribution is -0.119. The van der Waals surface area contributed by atoms with Gasteiger partial charge in [0.05, 0.1) is 5.00 Å². The lowest BCUT2D eigenvalue weighted by Gasteiger charge is -2.42. The van der Waals surface area contributed by atoms with Crippen molar-refractivity contribution in [2.24, 2.45) is 0 Å². The first-order valence-corrected chi connectivity index (χ1v) is 11.8. The third-order valence-corrected chi connectivity index (χ3v) is 8.48. The normalized spacial score (nSPS) is 17.3. The predicted molar refractivity (Wildman–Crippen MR) is 124 cm³/mol. The largest absolute Gasteiger partial charge is 0.390 e. The van der Waals surface area contributed by atoms with E-state index in [2.05, 4.69) is 11.1 Å². The molecular weight excluding hydrogens is 433 g/mol. The molecule has 162 valence electrons. The molecule has 0 unspecified atom stereocenters. The summed E-state index contributed by atoms with van der Waals surface area (Å²) in [6.45, 7) is 5.41. The highest BCUT2D eigenvalue weighted by molar-refractivity contribution is 8.01. The molecule has 0 aliphatic carbocycles. The van der Waals surface area contributed by atoms with Crippen LogP contribution in [0.4, 0.5) is 9.39 Å². The van der Waals surface area contributed by atoms with Gasteiger partial charge in [-0.1, -0.05) is 11.3 Å². The first-order chi connectivity index (χ1) is 14.8. The average Bonchev–Trinajstić information content (AvgIpc) is 3.03. The maximum absolute atomic E-state index is 13.2. The molecule has 5 rings (SSSR count). The molecule has 5 nitrogen and oxygen atoms in total. The number of Topliss-reactive ketones (excluding diaryl/α,β-unsaturated/α-hetero) is 1. The Hall–Kier alpha value is -2.45. The Bertz CT molecular complexity index is 1150. The standard InChI is InChI=1S/C14H14FNO2S.C9H10N2S/c15-10-1-2-13-11(7-10)12(18)8-14(19-13)3-5-16(9-17)6-4-14;1-5-3-4-7-6(2)8(10)12-9(7)11-5/h1-2,7,9H,3-6,8H2;3-4H,10H2,1-2H3. The molecule has 2 aliphatic heterocycles. The molecule has 31 heavy (non-hydrogen) atoms. The maximum atomic E-state index is 13.2. The number of fused-ring (bicyclic) bond motifs is 2. The highest BCUT2D eigenvalue weighted by atomic mass is 32.2. The van der Waals surface area contributed by atoms with Crippen LogP contribution in [-0.2, 0) is 4.79 Å². The average molecular weight is 458 g/mol. The SMILES string of the molecule is Cc1ccc2c(C)c(N)sc2n1.O=CN1CCC2(CC1)CC(=O)c1cc(F)ccc1S2. The minimum Gasteiger partial charge on any atom is -0.390 e. The molecule has 1 spiro atoms. The zero-order chi connectivity index (χ0) is 22.2. The number of piperidine rings is 1. The Morgan fingerprint density at radius 3 is 2.65 bits per heavy atom. The molecular formula is C23H24FN3O2S2. The monoisotopic (exact) mass is 457 g/mol. The zero-order valence-electron chi connectivity index (χ0n) is 17.5. The van der Waals surface area contributed by atoms with Gasteiger partial charge in [-0.25, -0.2) is 9.37 Å². The van der Waals surface area contributed by atoms with Crippen LogP contribution >= 0.6 is 23.1 Å². The second-order valence-corrected chi connectivity index (χ2v) is 10.6. The van der Waals surface area contributed by atoms with E-state index in [1.54, 1.807) is 34.1 Å². The van der Waals surface area contributed by atoms with E-state index in [0.29, 0.717) is 25.1 Å². The molecule has 0 radical (unpaired) electrons. The zero-order valence-corrected chi connectivity index (χ0v) is 19.1. The molecule has 1 fully saturated rings. The molecule has 0 bridgehead atoms. The summed E-state index contributed by atoms with van der Waals surface area (Å²) in [5, 5.41) is 2.06. The number of nitrogens with zero attached hydrogens (tertiary/aromatic N) is 2. The number of hydrogen-bond acceptors (Lipinski definition) is 6. The molecule has 0 atom stereocenters. The summed E-state index contributed by atoms with van der Waals surface area (Å²) in [7, 11) is 0. The number of anilines is 1. The number of halogens is 1. The van der Waals surface area contributed by atoms with Crippen molar-refractivity contribution >= 4 is 50.5 Å². The Labute approximate surface area is 188 Å². The van der Waals surface area contributed by atoms with Crippen LogP contribution in [0, 0.1) is 19.7 Å². The van der Waals surface area contributed by atoms with Crippen molar-refractivity contribution in [3.63, 3.8) is 0 Å². The number of thioether (sulfide) groups is 1. The second-order valence-electron chi connectivity index (χ2n) is 8.06. The molecule has 2 aromatic heterocycles. The summed E-state index contributed by atoms with van der Waals surface area (Å²) in [4.78, 5) is 31.0. The number of aromatic nitrogens is 1. The minimum atomic E-state index is -0.362. The van der Waals surface area contributed by atoms with Crippen molar-refractivity contribution in [2.75, 3.05) is 18.8 Å². The molecule has 2 N–H and O–H groups in total. The Morgan fingerprint density at radius 1 is 1.19 bits per heavy atom. The van der Waals surface area contributed by atoms with Gasteiger partial charge in [-0.15, -0.1) is 11.8 Å². The summed E-state index contributed by atoms with van der Waals surface area (Å²) in [5.41, 5.74) is 8.49. The number of thiophene rings is 1. The molecule has 0 saturated carbocycles. The van der Waals surface area contributed by atoms with Gasteiger partial charge >= 0.3 is 0 Å². The number of benzene rings is 1. The number of likely N-dealkylation sites (tertiary alicyclic amines) is 1. The highest BCUT2D eigenvalue weighted by Gasteiger charge is 2.41. The first kappa shape index (κ1) is 21.8. The number of aryl methyl sites for hydroxylation is 2. The summed E-state index contributed by atoms with van der Waals surface area (Å²) in [5.74, 6) is -0.341. The van der Waals surface area contributed by atoms with Gasteiger partial charge in [-0.2, -0.15) is 0 Å². The fourth-order valence-electron chi connectivity index (χ4n) is 3.99. The van der Waals surface area contributed by atoms with Gasteiger partial charge in [0.25, 0.3) is 0 Å². The van der Waals surface area contributed by atoms with Gasteiger partial charge in [0.2, 0.25) is 6.41 Å². The number of carbonyl (C=O) groups excluding carboxylic acids is 2. The molecule has 2 aliphatic rings. The summed E-state index contributed by atoms with van der Waals surface area (Å²) >= 11 is 3.23. The van der Waals surface area contributed by atoms with Crippen molar-refractivity contribution in [1.29, 1.82) is 0 Å². The third-order valence-electron chi connectivity index (χ3n) is 5.89. The van der Waals surface area contributed by atoms with E-state index >= 15 is 0 Å². The van der Waals surface area contributed by atoms with Gasteiger partial charge < -0.3 is 10.6 Å². The first-order valence-electron chi connectivity index (χ1n) is 10.1. The Morgan fingerprint density at radius 2 is 1.94 bits per heavy atom. The Balaban J connectivity index is 0.000000166. The van der Waals surface area contributed by atoms with Crippen LogP contribution in [0.2, 0.25) is 0 Å². The van der Waals surface area contributed by atoms with E-state index in [1.807, 2.05) is 19.9 Å². The summed E-state index contributed by atoms with van der Waals surface area (Å²) in [6.07, 6.45) is 2.95. The van der Waals surface area contributed by atoms with E-state index < -0.39 is 0 Å². The lowest BCUT2D eigenvalue weighted by Crippen LogP contribution is -2.44. The second kappa shape index (κ2) is 8.59. The fourth-order valence-corrected chi connectivity index (χ4v) is 6.46. The van der Waals surface area contributed by atoms with E-state index in [-0.39, 0.29) is 16.3 Å². The van der Waals surface area contributed by atoms with Crippen LogP contribution in [0.3, 0.4) is 0 Å². The van der Waals surface area contributed by atoms with Gasteiger partial charge in [0.1, 0.15) is 10.6 Å². The van der Waals surface area contributed by atoms with E-state index in [0.717, 1.165) is 45.2 Å². The topological polar surface area (TPSA) is 76.3 Å². The van der Waals surface area contributed by atoms with E-state index in [1.165, 1.54) is 17.5 Å². The fraction of sp³-hybridized carbons (Fsp3) is 0.348. The number of rotatable bonds is 1. The van der Waals surface area contributed by atoms with Gasteiger partial charge in [0.15, 0.2) is 5.78 Å². The minimum absolute atomic E-state index is 0.0211. The van der Waals surface area contributed by atoms with Crippen molar-refractivity contribution in [2.45, 2.75) is 42.8 Å². The van der Waals surface area contributed by atoms with Crippen LogP contribution < -0.4 is 5.73 Å². The molecule has 1 aromatic carbocycles. The van der Waals surface area contributed by atoms with Gasteiger partial charge in [-0.3, -0.25) is 9.59 Å². The van der Waals surface area contributed by atoms with Crippen LogP contribution in [0.15, 0.2) is 35.2 Å². The lowest BCUT2D eigenvalue weighted by atomic mass is 9.88. The molecule has 8 heteroatoms. The van der Waals surface area contributed by atoms with Crippen LogP contribution in [-0.4, -0.2) is 39.9 Å². The summed E-state index contributed by atoms with van der Waals surface area (Å²) in [6, 6.07) is 8.53. The van der Waals surface area contributed by atoms with E-state index in [4.69, 9.17) is 5.73 Å². The molecule has 3 aromatic rings. The molecule has 4 heterocycles. The smallest absolute Gasteiger partial charge is 0.209 e. The van der Waals surface area contributed by atoms with Gasteiger partial charge in [-0.05, 0) is 62.6 Å². The predicted octanol–water partition coefficient (Wildman–Crippen LogP) is 4.99. The Kier molecular flexibility index (Phi) is 6.03. The number of nitrogen functional groups attached to an aromatic ring is 1. The number of pyridine rings is 1. The summed E-state index contributed by atoms with van der Waals surface area (Å²) < 4.78 is 13.1. The van der Waals surface area contributed by atoms with Crippen molar-refractivity contribution in [3.8, 4) is 0 Å². The highest BCUT2D eigenvalue weighted by Crippen LogP contribution is 2.48. The van der Waals surface area contributed by atoms with Crippen LogP contribution in [0.1, 0.15) is 40.9 Å². The maximum Gasteiger partial charge on any atom is 0.209 e. The number of carbonyl (C=O) groups is 2.